The third-order valence-corrected chi connectivity index (χ3v) is 2.45. The summed E-state index contributed by atoms with van der Waals surface area (Å²) < 4.78 is 5.40. The maximum atomic E-state index is 5.96. The van der Waals surface area contributed by atoms with Gasteiger partial charge in [-0.15, -0.1) is 0 Å². The normalized spacial score (nSPS) is 21.4. The van der Waals surface area contributed by atoms with Gasteiger partial charge in [-0.2, -0.15) is 0 Å². The average molecular weight is 169 g/mol. The van der Waals surface area contributed by atoms with E-state index in [2.05, 4.69) is 19.9 Å². The highest BCUT2D eigenvalue weighted by Gasteiger charge is 2.16. The van der Waals surface area contributed by atoms with Crippen LogP contribution in [0.15, 0.2) is 11.8 Å². The minimum Gasteiger partial charge on any atom is -0.496 e. The van der Waals surface area contributed by atoms with Crippen LogP contribution < -0.4 is 5.73 Å². The van der Waals surface area contributed by atoms with Gasteiger partial charge >= 0.3 is 0 Å². The number of hydrogen-bond acceptors (Lipinski definition) is 2. The first kappa shape index (κ1) is 9.59. The zero-order chi connectivity index (χ0) is 8.97. The lowest BCUT2D eigenvalue weighted by Crippen LogP contribution is -2.25. The quantitative estimate of drug-likeness (QED) is 0.699. The van der Waals surface area contributed by atoms with Crippen molar-refractivity contribution in [3.05, 3.63) is 11.8 Å². The summed E-state index contributed by atoms with van der Waals surface area (Å²) in [5.74, 6) is 1.71. The van der Waals surface area contributed by atoms with Crippen LogP contribution in [-0.4, -0.2) is 12.6 Å². The Morgan fingerprint density at radius 1 is 1.67 bits per heavy atom. The van der Waals surface area contributed by atoms with E-state index in [0.29, 0.717) is 5.92 Å². The summed E-state index contributed by atoms with van der Waals surface area (Å²) >= 11 is 0. The van der Waals surface area contributed by atoms with Crippen molar-refractivity contribution in [3.63, 3.8) is 0 Å². The zero-order valence-corrected chi connectivity index (χ0v) is 8.05. The van der Waals surface area contributed by atoms with Crippen LogP contribution in [0, 0.1) is 5.92 Å². The van der Waals surface area contributed by atoms with Crippen LogP contribution >= 0.6 is 0 Å². The van der Waals surface area contributed by atoms with Crippen LogP contribution in [0.4, 0.5) is 0 Å². The fourth-order valence-electron chi connectivity index (χ4n) is 1.41. The van der Waals surface area contributed by atoms with Crippen molar-refractivity contribution < 1.29 is 4.74 Å². The second-order valence-electron chi connectivity index (χ2n) is 3.60. The van der Waals surface area contributed by atoms with E-state index >= 15 is 0 Å². The summed E-state index contributed by atoms with van der Waals surface area (Å²) in [6.45, 7) is 5.25. The Hall–Kier alpha value is -0.500. The molecular formula is C10H19NO. The average Bonchev–Trinajstić information content (AvgIpc) is 2.56. The van der Waals surface area contributed by atoms with Crippen LogP contribution in [0.25, 0.3) is 0 Å². The molecule has 0 saturated carbocycles. The van der Waals surface area contributed by atoms with Gasteiger partial charge in [0.2, 0.25) is 0 Å². The number of rotatable bonds is 4. The van der Waals surface area contributed by atoms with Crippen molar-refractivity contribution in [2.45, 2.75) is 39.2 Å². The fraction of sp³-hybridized carbons (Fsp3) is 0.800. The molecule has 0 saturated heterocycles. The molecule has 2 N–H and O–H groups in total. The van der Waals surface area contributed by atoms with Gasteiger partial charge in [0.1, 0.15) is 5.76 Å². The molecular weight excluding hydrogens is 150 g/mol. The smallest absolute Gasteiger partial charge is 0.109 e. The lowest BCUT2D eigenvalue weighted by Gasteiger charge is -2.16. The van der Waals surface area contributed by atoms with E-state index in [1.165, 1.54) is 6.42 Å². The molecule has 2 unspecified atom stereocenters. The van der Waals surface area contributed by atoms with Crippen molar-refractivity contribution in [1.29, 1.82) is 0 Å². The fourth-order valence-corrected chi connectivity index (χ4v) is 1.41. The zero-order valence-electron chi connectivity index (χ0n) is 8.05. The molecule has 0 radical (unpaired) electrons. The molecule has 2 atom stereocenters. The van der Waals surface area contributed by atoms with Gasteiger partial charge in [-0.25, -0.2) is 0 Å². The maximum absolute atomic E-state index is 5.96. The minimum atomic E-state index is 0.127. The monoisotopic (exact) mass is 169 g/mol. The molecule has 12 heavy (non-hydrogen) atoms. The lowest BCUT2D eigenvalue weighted by atomic mass is 9.99. The molecule has 2 heteroatoms. The molecule has 0 aromatic rings. The SMILES string of the molecule is CCC(C)CC(N)C1=CCCO1. The molecule has 0 amide bonds. The van der Waals surface area contributed by atoms with Gasteiger partial charge in [-0.05, 0) is 18.4 Å². The molecule has 0 aliphatic carbocycles. The van der Waals surface area contributed by atoms with Gasteiger partial charge in [-0.1, -0.05) is 20.3 Å². The lowest BCUT2D eigenvalue weighted by molar-refractivity contribution is 0.216. The van der Waals surface area contributed by atoms with Crippen molar-refractivity contribution in [2.24, 2.45) is 11.7 Å². The van der Waals surface area contributed by atoms with Crippen LogP contribution in [-0.2, 0) is 4.74 Å². The molecule has 1 aliphatic heterocycles. The van der Waals surface area contributed by atoms with Crippen LogP contribution in [0.5, 0.6) is 0 Å². The molecule has 2 nitrogen and oxygen atoms in total. The Bertz CT molecular complexity index is 165. The number of nitrogens with two attached hydrogens (primary N) is 1. The van der Waals surface area contributed by atoms with Crippen LogP contribution in [0.2, 0.25) is 0 Å². The van der Waals surface area contributed by atoms with Gasteiger partial charge in [-0.3, -0.25) is 0 Å². The molecule has 70 valence electrons. The Kier molecular flexibility index (Phi) is 3.60. The highest BCUT2D eigenvalue weighted by molar-refractivity contribution is 5.05. The molecule has 1 rings (SSSR count). The summed E-state index contributed by atoms with van der Waals surface area (Å²) in [5.41, 5.74) is 5.96. The highest BCUT2D eigenvalue weighted by atomic mass is 16.5. The Morgan fingerprint density at radius 2 is 2.42 bits per heavy atom. The number of hydrogen-bond donors (Lipinski definition) is 1. The first-order valence-electron chi connectivity index (χ1n) is 4.82. The van der Waals surface area contributed by atoms with E-state index in [9.17, 15) is 0 Å². The van der Waals surface area contributed by atoms with Gasteiger partial charge < -0.3 is 10.5 Å². The molecule has 1 heterocycles. The van der Waals surface area contributed by atoms with Crippen molar-refractivity contribution in [1.82, 2.24) is 0 Å². The molecule has 0 aromatic carbocycles. The maximum Gasteiger partial charge on any atom is 0.109 e. The van der Waals surface area contributed by atoms with E-state index < -0.39 is 0 Å². The van der Waals surface area contributed by atoms with Crippen molar-refractivity contribution in [2.75, 3.05) is 6.61 Å². The highest BCUT2D eigenvalue weighted by Crippen LogP contribution is 2.18. The number of ether oxygens (including phenoxy) is 1. The summed E-state index contributed by atoms with van der Waals surface area (Å²) in [6, 6.07) is 0.127. The molecule has 0 aromatic heterocycles. The van der Waals surface area contributed by atoms with E-state index in [1.807, 2.05) is 0 Å². The minimum absolute atomic E-state index is 0.127. The third-order valence-electron chi connectivity index (χ3n) is 2.45. The summed E-state index contributed by atoms with van der Waals surface area (Å²) in [7, 11) is 0. The van der Waals surface area contributed by atoms with Gasteiger partial charge in [0.25, 0.3) is 0 Å². The topological polar surface area (TPSA) is 35.2 Å². The van der Waals surface area contributed by atoms with E-state index in [1.54, 1.807) is 0 Å². The predicted octanol–water partition coefficient (Wildman–Crippen LogP) is 2.05. The second kappa shape index (κ2) is 4.51. The Morgan fingerprint density at radius 3 is 2.92 bits per heavy atom. The summed E-state index contributed by atoms with van der Waals surface area (Å²) in [5, 5.41) is 0. The van der Waals surface area contributed by atoms with Crippen molar-refractivity contribution >= 4 is 0 Å². The van der Waals surface area contributed by atoms with Gasteiger partial charge in [0.05, 0.1) is 12.6 Å². The first-order chi connectivity index (χ1) is 5.74. The standard InChI is InChI=1S/C10H19NO/c1-3-8(2)7-9(11)10-5-4-6-12-10/h5,8-9H,3-4,6-7,11H2,1-2H3. The van der Waals surface area contributed by atoms with Crippen LogP contribution in [0.3, 0.4) is 0 Å². The Balaban J connectivity index is 2.31. The van der Waals surface area contributed by atoms with Gasteiger partial charge in [0.15, 0.2) is 0 Å². The third kappa shape index (κ3) is 2.52. The first-order valence-corrected chi connectivity index (χ1v) is 4.82. The summed E-state index contributed by atoms with van der Waals surface area (Å²) in [4.78, 5) is 0. The van der Waals surface area contributed by atoms with E-state index in [0.717, 1.165) is 25.2 Å². The largest absolute Gasteiger partial charge is 0.496 e. The van der Waals surface area contributed by atoms with Crippen molar-refractivity contribution in [3.8, 4) is 0 Å². The second-order valence-corrected chi connectivity index (χ2v) is 3.60. The van der Waals surface area contributed by atoms with E-state index in [4.69, 9.17) is 10.5 Å². The van der Waals surface area contributed by atoms with E-state index in [-0.39, 0.29) is 6.04 Å². The van der Waals surface area contributed by atoms with Crippen LogP contribution in [0.1, 0.15) is 33.1 Å². The molecule has 0 fully saturated rings. The summed E-state index contributed by atoms with van der Waals surface area (Å²) in [6.07, 6.45) is 5.39. The predicted molar refractivity (Wildman–Crippen MR) is 50.7 cm³/mol. The van der Waals surface area contributed by atoms with Gasteiger partial charge in [0, 0.05) is 6.42 Å². The molecule has 0 spiro atoms. The molecule has 0 bridgehead atoms. The Labute approximate surface area is 74.8 Å². The molecule has 1 aliphatic rings.